The summed E-state index contributed by atoms with van der Waals surface area (Å²) in [5.74, 6) is 0.271. The summed E-state index contributed by atoms with van der Waals surface area (Å²) in [4.78, 5) is 0. The van der Waals surface area contributed by atoms with E-state index in [2.05, 4.69) is 12.1 Å². The standard InChI is InChI=1S/C22H16O3/c23-20-3-1-2-14-16(20)6-4-12-10-13-5-7-17-15(19(13)11-18(12)14)8-9-21(24)22(17)25/h1-11,21-25H/t21-,22-/m1/s1. The highest BCUT2D eigenvalue weighted by Gasteiger charge is 2.23. The van der Waals surface area contributed by atoms with Crippen LogP contribution in [-0.4, -0.2) is 21.4 Å². The molecule has 0 fully saturated rings. The summed E-state index contributed by atoms with van der Waals surface area (Å²) in [6.45, 7) is 0. The first kappa shape index (κ1) is 14.5. The monoisotopic (exact) mass is 328 g/mol. The summed E-state index contributed by atoms with van der Waals surface area (Å²) < 4.78 is 0. The maximum atomic E-state index is 10.3. The van der Waals surface area contributed by atoms with Crippen LogP contribution in [0.4, 0.5) is 0 Å². The van der Waals surface area contributed by atoms with Gasteiger partial charge in [-0.05, 0) is 56.3 Å². The van der Waals surface area contributed by atoms with Crippen LogP contribution in [0.3, 0.4) is 0 Å². The minimum absolute atomic E-state index is 0.271. The average Bonchev–Trinajstić information content (AvgIpc) is 2.63. The summed E-state index contributed by atoms with van der Waals surface area (Å²) in [6, 6.07) is 17.6. The predicted octanol–water partition coefficient (Wildman–Crippen LogP) is 4.27. The number of hydrogen-bond donors (Lipinski definition) is 3. The average molecular weight is 328 g/mol. The van der Waals surface area contributed by atoms with E-state index in [1.807, 2.05) is 42.5 Å². The Balaban J connectivity index is 1.93. The molecule has 122 valence electrons. The lowest BCUT2D eigenvalue weighted by atomic mass is 9.87. The number of aliphatic hydroxyl groups excluding tert-OH is 2. The molecule has 4 aromatic carbocycles. The third-order valence-electron chi connectivity index (χ3n) is 5.17. The van der Waals surface area contributed by atoms with Gasteiger partial charge in [0.05, 0.1) is 0 Å². The number of benzene rings is 4. The molecule has 0 heterocycles. The van der Waals surface area contributed by atoms with Gasteiger partial charge in [-0.1, -0.05) is 48.6 Å². The highest BCUT2D eigenvalue weighted by atomic mass is 16.3. The van der Waals surface area contributed by atoms with E-state index in [9.17, 15) is 15.3 Å². The minimum atomic E-state index is -0.906. The molecule has 25 heavy (non-hydrogen) atoms. The lowest BCUT2D eigenvalue weighted by Gasteiger charge is -2.23. The van der Waals surface area contributed by atoms with E-state index in [1.165, 1.54) is 0 Å². The summed E-state index contributed by atoms with van der Waals surface area (Å²) >= 11 is 0. The van der Waals surface area contributed by atoms with Gasteiger partial charge in [0.15, 0.2) is 0 Å². The van der Waals surface area contributed by atoms with Gasteiger partial charge in [0.1, 0.15) is 18.0 Å². The molecule has 0 radical (unpaired) electrons. The van der Waals surface area contributed by atoms with E-state index in [4.69, 9.17) is 0 Å². The summed E-state index contributed by atoms with van der Waals surface area (Å²) in [7, 11) is 0. The molecule has 0 amide bonds. The van der Waals surface area contributed by atoms with E-state index in [-0.39, 0.29) is 5.75 Å². The van der Waals surface area contributed by atoms with Crippen molar-refractivity contribution in [2.75, 3.05) is 0 Å². The Bertz CT molecular complexity index is 1190. The highest BCUT2D eigenvalue weighted by Crippen LogP contribution is 2.38. The number of phenolic OH excluding ortho intramolecular Hbond substituents is 1. The molecule has 0 saturated carbocycles. The summed E-state index contributed by atoms with van der Waals surface area (Å²) in [5, 5.41) is 36.4. The molecule has 1 aliphatic carbocycles. The van der Waals surface area contributed by atoms with E-state index < -0.39 is 12.2 Å². The van der Waals surface area contributed by atoms with Gasteiger partial charge < -0.3 is 15.3 Å². The molecule has 3 N–H and O–H groups in total. The number of aliphatic hydroxyl groups is 2. The molecule has 5 rings (SSSR count). The normalized spacial score (nSPS) is 19.6. The molecule has 3 nitrogen and oxygen atoms in total. The number of rotatable bonds is 0. The van der Waals surface area contributed by atoms with Crippen LogP contribution in [0.5, 0.6) is 5.75 Å². The molecule has 0 saturated heterocycles. The molecule has 2 atom stereocenters. The van der Waals surface area contributed by atoms with Crippen LogP contribution in [0, 0.1) is 0 Å². The Labute approximate surface area is 144 Å². The second-order valence-corrected chi connectivity index (χ2v) is 6.60. The molecule has 3 heteroatoms. The fourth-order valence-electron chi connectivity index (χ4n) is 3.87. The van der Waals surface area contributed by atoms with Gasteiger partial charge in [-0.25, -0.2) is 0 Å². The van der Waals surface area contributed by atoms with Crippen LogP contribution >= 0.6 is 0 Å². The first-order chi connectivity index (χ1) is 12.1. The fraction of sp³-hybridized carbons (Fsp3) is 0.0909. The molecular weight excluding hydrogens is 312 g/mol. The van der Waals surface area contributed by atoms with Gasteiger partial charge in [0.2, 0.25) is 0 Å². The lowest BCUT2D eigenvalue weighted by Crippen LogP contribution is -2.19. The molecule has 0 unspecified atom stereocenters. The van der Waals surface area contributed by atoms with Crippen LogP contribution in [0.25, 0.3) is 38.4 Å². The van der Waals surface area contributed by atoms with Crippen molar-refractivity contribution < 1.29 is 15.3 Å². The zero-order valence-corrected chi connectivity index (χ0v) is 13.3. The van der Waals surface area contributed by atoms with Crippen molar-refractivity contribution in [1.82, 2.24) is 0 Å². The Kier molecular flexibility index (Phi) is 2.93. The number of aromatic hydroxyl groups is 1. The van der Waals surface area contributed by atoms with Crippen molar-refractivity contribution in [3.05, 3.63) is 71.8 Å². The van der Waals surface area contributed by atoms with Gasteiger partial charge >= 0.3 is 0 Å². The van der Waals surface area contributed by atoms with Crippen LogP contribution in [-0.2, 0) is 0 Å². The van der Waals surface area contributed by atoms with E-state index in [0.29, 0.717) is 0 Å². The fourth-order valence-corrected chi connectivity index (χ4v) is 3.87. The van der Waals surface area contributed by atoms with E-state index >= 15 is 0 Å². The van der Waals surface area contributed by atoms with Gasteiger partial charge in [-0.3, -0.25) is 0 Å². The molecule has 0 aliphatic heterocycles. The highest BCUT2D eigenvalue weighted by molar-refractivity contribution is 6.14. The second-order valence-electron chi connectivity index (χ2n) is 6.60. The maximum Gasteiger partial charge on any atom is 0.123 e. The van der Waals surface area contributed by atoms with E-state index in [0.717, 1.165) is 43.4 Å². The maximum absolute atomic E-state index is 10.3. The first-order valence-corrected chi connectivity index (χ1v) is 8.29. The van der Waals surface area contributed by atoms with Gasteiger partial charge in [-0.2, -0.15) is 0 Å². The Morgan fingerprint density at radius 3 is 2.40 bits per heavy atom. The smallest absolute Gasteiger partial charge is 0.123 e. The van der Waals surface area contributed by atoms with Crippen molar-refractivity contribution >= 4 is 38.4 Å². The van der Waals surface area contributed by atoms with Gasteiger partial charge in [0.25, 0.3) is 0 Å². The zero-order chi connectivity index (χ0) is 17.1. The van der Waals surface area contributed by atoms with Crippen LogP contribution < -0.4 is 0 Å². The second kappa shape index (κ2) is 5.06. The number of fused-ring (bicyclic) bond motifs is 6. The summed E-state index contributed by atoms with van der Waals surface area (Å²) in [5.41, 5.74) is 1.68. The van der Waals surface area contributed by atoms with Crippen molar-refractivity contribution in [1.29, 1.82) is 0 Å². The summed E-state index contributed by atoms with van der Waals surface area (Å²) in [6.07, 6.45) is 1.73. The lowest BCUT2D eigenvalue weighted by molar-refractivity contribution is 0.0471. The Morgan fingerprint density at radius 2 is 1.52 bits per heavy atom. The molecular formula is C22H16O3. The predicted molar refractivity (Wildman–Crippen MR) is 101 cm³/mol. The van der Waals surface area contributed by atoms with Gasteiger partial charge in [-0.15, -0.1) is 0 Å². The van der Waals surface area contributed by atoms with Crippen LogP contribution in [0.15, 0.2) is 60.7 Å². The first-order valence-electron chi connectivity index (χ1n) is 8.29. The quantitative estimate of drug-likeness (QED) is 0.334. The Hall–Kier alpha value is -2.88. The van der Waals surface area contributed by atoms with Crippen LogP contribution in [0.2, 0.25) is 0 Å². The van der Waals surface area contributed by atoms with Crippen molar-refractivity contribution in [3.8, 4) is 5.75 Å². The molecule has 0 aromatic heterocycles. The third-order valence-corrected chi connectivity index (χ3v) is 5.17. The minimum Gasteiger partial charge on any atom is -0.507 e. The van der Waals surface area contributed by atoms with Gasteiger partial charge in [0, 0.05) is 5.39 Å². The van der Waals surface area contributed by atoms with E-state index in [1.54, 1.807) is 12.1 Å². The number of hydrogen-bond acceptors (Lipinski definition) is 3. The van der Waals surface area contributed by atoms with Crippen molar-refractivity contribution in [2.24, 2.45) is 0 Å². The molecule has 4 aromatic rings. The Morgan fingerprint density at radius 1 is 0.720 bits per heavy atom. The largest absolute Gasteiger partial charge is 0.507 e. The van der Waals surface area contributed by atoms with Crippen molar-refractivity contribution in [2.45, 2.75) is 12.2 Å². The topological polar surface area (TPSA) is 60.7 Å². The third kappa shape index (κ3) is 2.00. The zero-order valence-electron chi connectivity index (χ0n) is 13.3. The molecule has 0 spiro atoms. The van der Waals surface area contributed by atoms with Crippen molar-refractivity contribution in [3.63, 3.8) is 0 Å². The molecule has 1 aliphatic rings. The van der Waals surface area contributed by atoms with Crippen LogP contribution in [0.1, 0.15) is 17.2 Å². The number of phenols is 1. The SMILES string of the molecule is Oc1cccc2c1ccc1cc3ccc4c(c3cc12)C=C[C@@H](O)[C@@H]4O. The molecule has 0 bridgehead atoms.